The van der Waals surface area contributed by atoms with Crippen LogP contribution in [0.5, 0.6) is 0 Å². The van der Waals surface area contributed by atoms with E-state index in [9.17, 15) is 24.0 Å². The highest BCUT2D eigenvalue weighted by Crippen LogP contribution is 2.39. The molecular weight excluding hydrogens is 785 g/mol. The van der Waals surface area contributed by atoms with E-state index in [1.165, 1.54) is 22.3 Å². The molecule has 17 heteroatoms. The van der Waals surface area contributed by atoms with Crippen LogP contribution in [0.3, 0.4) is 0 Å². The van der Waals surface area contributed by atoms with Gasteiger partial charge in [0.15, 0.2) is 5.82 Å². The lowest BCUT2D eigenvalue weighted by Gasteiger charge is -2.36. The van der Waals surface area contributed by atoms with Gasteiger partial charge in [0.05, 0.1) is 18.2 Å². The van der Waals surface area contributed by atoms with E-state index < -0.39 is 47.2 Å². The number of benzene rings is 1. The third-order valence-corrected chi connectivity index (χ3v) is 12.5. The summed E-state index contributed by atoms with van der Waals surface area (Å²) in [5.74, 6) is -2.21. The van der Waals surface area contributed by atoms with Gasteiger partial charge in [-0.1, -0.05) is 34.3 Å². The minimum absolute atomic E-state index is 0.0192. The number of likely N-dealkylation sites (tertiary alicyclic amines) is 1. The zero-order valence-corrected chi connectivity index (χ0v) is 36.0. The number of hydrogen-bond donors (Lipinski definition) is 2. The van der Waals surface area contributed by atoms with E-state index in [2.05, 4.69) is 64.8 Å². The maximum atomic E-state index is 14.5. The summed E-state index contributed by atoms with van der Waals surface area (Å²) in [7, 11) is 1.59. The summed E-state index contributed by atoms with van der Waals surface area (Å²) in [6.45, 7) is 15.3. The Hall–Kier alpha value is -5.55. The van der Waals surface area contributed by atoms with Gasteiger partial charge in [-0.3, -0.25) is 29.0 Å². The summed E-state index contributed by atoms with van der Waals surface area (Å²) >= 11 is 1.15. The number of hydrazine groups is 1. The van der Waals surface area contributed by atoms with Crippen molar-refractivity contribution in [2.24, 2.45) is 17.3 Å². The van der Waals surface area contributed by atoms with Crippen molar-refractivity contribution in [3.8, 4) is 22.6 Å². The Morgan fingerprint density at radius 3 is 2.62 bits per heavy atom. The highest BCUT2D eigenvalue weighted by atomic mass is 32.1. The molecule has 318 valence electrons. The smallest absolute Gasteiger partial charge is 0.324 e. The number of nitrogens with zero attached hydrogens (tertiary/aromatic N) is 8. The van der Waals surface area contributed by atoms with Crippen molar-refractivity contribution < 1.29 is 28.7 Å². The second-order valence-corrected chi connectivity index (χ2v) is 17.9. The van der Waals surface area contributed by atoms with Gasteiger partial charge in [-0.2, -0.15) is 4.37 Å². The predicted octanol–water partition coefficient (Wildman–Crippen LogP) is 3.80. The number of cyclic esters (lactones) is 1. The maximum Gasteiger partial charge on any atom is 0.324 e. The number of nitrogens with one attached hydrogen (secondary N) is 2. The Labute approximate surface area is 353 Å². The molecule has 3 aromatic heterocycles. The third-order valence-electron chi connectivity index (χ3n) is 11.7. The standard InChI is InChI=1S/C43H54N10O6S/c1-8-35(54)51-16-14-27(22-51)40(56)50(7)36(25(3)4)39(55)46-32-18-34-47-38(49-60-34)26-12-13-33-29(17-26)30(37(52(33)9-2)28-20-44-24-45-21-28)19-43(5,6)23-59-42(58)31-11-10-15-53(48-31)41(32)57/h8,12-13,17,20-21,24-25,27,31-32,36,48H,1,9-11,14-16,18-19,22-23H2,2-7H3,(H,46,55)/t27-,31-,32-,36?/m0/s1. The summed E-state index contributed by atoms with van der Waals surface area (Å²) < 4.78 is 13.0. The van der Waals surface area contributed by atoms with Crippen molar-refractivity contribution in [3.05, 3.63) is 60.1 Å². The number of aromatic nitrogens is 5. The van der Waals surface area contributed by atoms with Gasteiger partial charge in [-0.25, -0.2) is 20.4 Å². The molecule has 1 aromatic carbocycles. The number of likely N-dealkylation sites (N-methyl/N-ethyl adjacent to an activating group) is 1. The van der Waals surface area contributed by atoms with E-state index in [0.29, 0.717) is 56.1 Å². The van der Waals surface area contributed by atoms with Crippen molar-refractivity contribution in [1.29, 1.82) is 0 Å². The van der Waals surface area contributed by atoms with E-state index in [0.717, 1.165) is 44.8 Å². The molecule has 7 rings (SSSR count). The number of carbonyl (C=O) groups is 5. The van der Waals surface area contributed by atoms with Crippen LogP contribution in [0.15, 0.2) is 49.6 Å². The summed E-state index contributed by atoms with van der Waals surface area (Å²) in [6, 6.07) is 3.32. The van der Waals surface area contributed by atoms with Gasteiger partial charge >= 0.3 is 5.97 Å². The second kappa shape index (κ2) is 17.6. The van der Waals surface area contributed by atoms with Gasteiger partial charge in [-0.05, 0) is 79.9 Å². The molecule has 1 unspecified atom stereocenters. The van der Waals surface area contributed by atoms with Gasteiger partial charge in [-0.15, -0.1) is 0 Å². The Morgan fingerprint density at radius 1 is 1.13 bits per heavy atom. The van der Waals surface area contributed by atoms with Crippen LogP contribution in [0.1, 0.15) is 64.5 Å². The molecule has 3 aliphatic rings. The fourth-order valence-electron chi connectivity index (χ4n) is 8.75. The predicted molar refractivity (Wildman–Crippen MR) is 226 cm³/mol. The molecule has 4 aromatic rings. The first-order valence-corrected chi connectivity index (χ1v) is 21.4. The van der Waals surface area contributed by atoms with Crippen LogP contribution in [0, 0.1) is 17.3 Å². The largest absolute Gasteiger partial charge is 0.464 e. The Morgan fingerprint density at radius 2 is 1.90 bits per heavy atom. The second-order valence-electron chi connectivity index (χ2n) is 17.1. The minimum Gasteiger partial charge on any atom is -0.464 e. The van der Waals surface area contributed by atoms with Crippen LogP contribution in [0.25, 0.3) is 33.5 Å². The topological polar surface area (TPSA) is 185 Å². The number of fused-ring (bicyclic) bond motifs is 6. The van der Waals surface area contributed by atoms with E-state index in [-0.39, 0.29) is 37.3 Å². The lowest BCUT2D eigenvalue weighted by Crippen LogP contribution is -2.62. The summed E-state index contributed by atoms with van der Waals surface area (Å²) in [5, 5.41) is 5.90. The van der Waals surface area contributed by atoms with E-state index in [1.54, 1.807) is 11.9 Å². The molecule has 60 heavy (non-hydrogen) atoms. The minimum atomic E-state index is -1.11. The molecule has 0 saturated carbocycles. The van der Waals surface area contributed by atoms with Crippen LogP contribution in [-0.2, 0) is 48.1 Å². The average molecular weight is 839 g/mol. The molecular formula is C43H54N10O6S. The zero-order chi connectivity index (χ0) is 42.9. The quantitative estimate of drug-likeness (QED) is 0.194. The van der Waals surface area contributed by atoms with E-state index in [4.69, 9.17) is 14.1 Å². The SMILES string of the molecule is C=CC(=O)N1CC[C@H](C(=O)N(C)C(C(=O)N[C@H]2Cc3nc(ns3)-c3ccc4c(c3)c(c(-c3cncnc3)n4CC)CC(C)(C)COC(=O)[C@@H]3CCCN(N3)C2=O)C(C)C)C1. The van der Waals surface area contributed by atoms with Crippen molar-refractivity contribution >= 4 is 52.0 Å². The number of carbonyl (C=O) groups excluding carboxylic acids is 5. The molecule has 2 fully saturated rings. The van der Waals surface area contributed by atoms with Crippen molar-refractivity contribution in [3.63, 3.8) is 0 Å². The van der Waals surface area contributed by atoms with E-state index in [1.807, 2.05) is 32.3 Å². The van der Waals surface area contributed by atoms with Crippen LogP contribution in [-0.4, -0.2) is 120 Å². The molecule has 2 saturated heterocycles. The van der Waals surface area contributed by atoms with Crippen molar-refractivity contribution in [1.82, 2.24) is 49.4 Å². The Balaban J connectivity index is 1.24. The monoisotopic (exact) mass is 838 g/mol. The fourth-order valence-corrected chi connectivity index (χ4v) is 9.46. The fraction of sp³-hybridized carbons (Fsp3) is 0.512. The summed E-state index contributed by atoms with van der Waals surface area (Å²) in [6.07, 6.45) is 8.42. The number of amides is 4. The van der Waals surface area contributed by atoms with Crippen LogP contribution < -0.4 is 10.7 Å². The highest BCUT2D eigenvalue weighted by molar-refractivity contribution is 7.05. The number of aryl methyl sites for hydroxylation is 1. The lowest BCUT2D eigenvalue weighted by atomic mass is 9.84. The van der Waals surface area contributed by atoms with Crippen LogP contribution in [0.2, 0.25) is 0 Å². The molecule has 4 atom stereocenters. The Bertz CT molecular complexity index is 2290. The van der Waals surface area contributed by atoms with Gasteiger partial charge in [0.1, 0.15) is 29.5 Å². The van der Waals surface area contributed by atoms with Gasteiger partial charge in [0.25, 0.3) is 5.91 Å². The average Bonchev–Trinajstić information content (AvgIpc) is 4.00. The van der Waals surface area contributed by atoms with Crippen LogP contribution in [0.4, 0.5) is 0 Å². The number of hydrogen-bond acceptors (Lipinski definition) is 12. The van der Waals surface area contributed by atoms with E-state index >= 15 is 0 Å². The lowest BCUT2D eigenvalue weighted by molar-refractivity contribution is -0.155. The highest BCUT2D eigenvalue weighted by Gasteiger charge is 2.40. The number of esters is 1. The Kier molecular flexibility index (Phi) is 12.5. The molecule has 4 amide bonds. The number of ether oxygens (including phenoxy) is 1. The molecule has 6 heterocycles. The van der Waals surface area contributed by atoms with Gasteiger partial charge in [0, 0.05) is 79.5 Å². The number of rotatable bonds is 8. The third kappa shape index (κ3) is 8.68. The van der Waals surface area contributed by atoms with Crippen molar-refractivity contribution in [2.45, 2.75) is 91.4 Å². The van der Waals surface area contributed by atoms with Gasteiger partial charge in [0.2, 0.25) is 17.7 Å². The molecule has 2 N–H and O–H groups in total. The summed E-state index contributed by atoms with van der Waals surface area (Å²) in [5.41, 5.74) is 7.34. The summed E-state index contributed by atoms with van der Waals surface area (Å²) in [4.78, 5) is 85.1. The van der Waals surface area contributed by atoms with Gasteiger partial charge < -0.3 is 24.4 Å². The molecule has 0 radical (unpaired) electrons. The first-order chi connectivity index (χ1) is 28.7. The van der Waals surface area contributed by atoms with Crippen molar-refractivity contribution in [2.75, 3.05) is 33.3 Å². The zero-order valence-electron chi connectivity index (χ0n) is 35.1. The molecule has 3 aliphatic heterocycles. The van der Waals surface area contributed by atoms with Crippen LogP contribution >= 0.6 is 11.5 Å². The normalized spacial score (nSPS) is 21.4. The molecule has 0 spiro atoms. The molecule has 6 bridgehead atoms. The molecule has 16 nitrogen and oxygen atoms in total. The molecule has 0 aliphatic carbocycles. The first kappa shape index (κ1) is 42.6. The maximum absolute atomic E-state index is 14.5. The first-order valence-electron chi connectivity index (χ1n) is 20.7.